The molecule has 1 aromatic carbocycles. The van der Waals surface area contributed by atoms with Crippen LogP contribution in [0.15, 0.2) is 41.8 Å². The van der Waals surface area contributed by atoms with Gasteiger partial charge in [-0.25, -0.2) is 0 Å². The highest BCUT2D eigenvalue weighted by molar-refractivity contribution is 7.10. The third-order valence-electron chi connectivity index (χ3n) is 3.37. The van der Waals surface area contributed by atoms with Gasteiger partial charge in [0.1, 0.15) is 0 Å². The quantitative estimate of drug-likeness (QED) is 0.765. The molecule has 5 nitrogen and oxygen atoms in total. The number of aliphatic carboxylic acids is 1. The van der Waals surface area contributed by atoms with Crippen molar-refractivity contribution in [3.05, 3.63) is 57.8 Å². The van der Waals surface area contributed by atoms with Crippen LogP contribution >= 0.6 is 11.3 Å². The number of hydrogen-bond acceptors (Lipinski definition) is 4. The largest absolute Gasteiger partial charge is 0.481 e. The Morgan fingerprint density at radius 3 is 2.46 bits per heavy atom. The molecule has 2 N–H and O–H groups in total. The van der Waals surface area contributed by atoms with Crippen LogP contribution in [0.25, 0.3) is 0 Å². The molecule has 0 saturated carbocycles. The van der Waals surface area contributed by atoms with Gasteiger partial charge in [0, 0.05) is 10.4 Å². The van der Waals surface area contributed by atoms with Crippen LogP contribution < -0.4 is 5.32 Å². The Bertz CT molecular complexity index is 665. The van der Waals surface area contributed by atoms with E-state index in [0.29, 0.717) is 12.2 Å². The zero-order valence-corrected chi connectivity index (χ0v) is 14.5. The molecule has 0 bridgehead atoms. The van der Waals surface area contributed by atoms with E-state index in [2.05, 4.69) is 5.32 Å². The molecule has 6 heteroatoms. The van der Waals surface area contributed by atoms with Gasteiger partial charge < -0.3 is 15.2 Å². The maximum Gasteiger partial charge on any atom is 0.305 e. The van der Waals surface area contributed by atoms with Gasteiger partial charge in [-0.2, -0.15) is 0 Å². The Morgan fingerprint density at radius 1 is 1.21 bits per heavy atom. The van der Waals surface area contributed by atoms with Gasteiger partial charge in [-0.3, -0.25) is 9.59 Å². The SMILES string of the molecule is CC(C)OCc1ccc(C(=O)N[C@@H](CC(=O)O)c2cccs2)cc1. The van der Waals surface area contributed by atoms with E-state index in [1.165, 1.54) is 11.3 Å². The van der Waals surface area contributed by atoms with Crippen LogP contribution in [-0.2, 0) is 16.1 Å². The van der Waals surface area contributed by atoms with E-state index in [0.717, 1.165) is 10.4 Å². The van der Waals surface area contributed by atoms with Gasteiger partial charge in [0.15, 0.2) is 0 Å². The molecule has 1 atom stereocenters. The van der Waals surface area contributed by atoms with Gasteiger partial charge in [-0.15, -0.1) is 11.3 Å². The van der Waals surface area contributed by atoms with E-state index in [-0.39, 0.29) is 18.4 Å². The average Bonchev–Trinajstić information content (AvgIpc) is 3.06. The number of benzene rings is 1. The van der Waals surface area contributed by atoms with Gasteiger partial charge >= 0.3 is 5.97 Å². The summed E-state index contributed by atoms with van der Waals surface area (Å²) in [4.78, 5) is 24.2. The van der Waals surface area contributed by atoms with Crippen LogP contribution in [0.4, 0.5) is 0 Å². The minimum atomic E-state index is -0.949. The van der Waals surface area contributed by atoms with Crippen molar-refractivity contribution in [1.82, 2.24) is 5.32 Å². The molecular weight excluding hydrogens is 326 g/mol. The average molecular weight is 347 g/mol. The number of carboxylic acids is 1. The molecule has 24 heavy (non-hydrogen) atoms. The first kappa shape index (κ1) is 18.2. The molecule has 1 heterocycles. The van der Waals surface area contributed by atoms with Gasteiger partial charge in [0.2, 0.25) is 0 Å². The first-order valence-electron chi connectivity index (χ1n) is 7.72. The topological polar surface area (TPSA) is 75.6 Å². The summed E-state index contributed by atoms with van der Waals surface area (Å²) in [5.41, 5.74) is 1.48. The van der Waals surface area contributed by atoms with Crippen molar-refractivity contribution in [2.24, 2.45) is 0 Å². The van der Waals surface area contributed by atoms with E-state index >= 15 is 0 Å². The number of nitrogens with one attached hydrogen (secondary N) is 1. The molecule has 0 saturated heterocycles. The predicted octanol–water partition coefficient (Wildman–Crippen LogP) is 3.62. The van der Waals surface area contributed by atoms with Crippen LogP contribution in [-0.4, -0.2) is 23.1 Å². The van der Waals surface area contributed by atoms with Gasteiger partial charge in [0.05, 0.1) is 25.2 Å². The molecule has 1 aromatic heterocycles. The molecule has 0 aliphatic heterocycles. The number of carboxylic acid groups (broad SMARTS) is 1. The first-order chi connectivity index (χ1) is 11.5. The molecule has 1 amide bonds. The number of rotatable bonds is 8. The molecule has 0 spiro atoms. The fourth-order valence-corrected chi connectivity index (χ4v) is 2.92. The molecule has 0 unspecified atom stereocenters. The van der Waals surface area contributed by atoms with Crippen molar-refractivity contribution in [3.63, 3.8) is 0 Å². The number of hydrogen-bond donors (Lipinski definition) is 2. The molecule has 0 aliphatic carbocycles. The summed E-state index contributed by atoms with van der Waals surface area (Å²) in [6.45, 7) is 4.43. The number of thiophene rings is 1. The number of carbonyl (C=O) groups is 2. The zero-order chi connectivity index (χ0) is 17.5. The summed E-state index contributed by atoms with van der Waals surface area (Å²) in [7, 11) is 0. The van der Waals surface area contributed by atoms with Gasteiger partial charge in [-0.05, 0) is 43.0 Å². The lowest BCUT2D eigenvalue weighted by atomic mass is 10.1. The minimum Gasteiger partial charge on any atom is -0.481 e. The predicted molar refractivity (Wildman–Crippen MR) is 93.1 cm³/mol. The molecular formula is C18H21NO4S. The first-order valence-corrected chi connectivity index (χ1v) is 8.60. The maximum atomic E-state index is 12.4. The fraction of sp³-hybridized carbons (Fsp3) is 0.333. The van der Waals surface area contributed by atoms with E-state index in [9.17, 15) is 9.59 Å². The molecule has 0 fully saturated rings. The molecule has 2 rings (SSSR count). The van der Waals surface area contributed by atoms with Crippen LogP contribution in [0.5, 0.6) is 0 Å². The van der Waals surface area contributed by atoms with Gasteiger partial charge in [-0.1, -0.05) is 18.2 Å². The summed E-state index contributed by atoms with van der Waals surface area (Å²) < 4.78 is 5.52. The normalized spacial score (nSPS) is 12.1. The van der Waals surface area contributed by atoms with E-state index in [1.54, 1.807) is 12.1 Å². The van der Waals surface area contributed by atoms with Crippen LogP contribution in [0, 0.1) is 0 Å². The second kappa shape index (κ2) is 8.61. The summed E-state index contributed by atoms with van der Waals surface area (Å²) >= 11 is 1.43. The molecule has 0 radical (unpaired) electrons. The van der Waals surface area contributed by atoms with Crippen LogP contribution in [0.2, 0.25) is 0 Å². The number of carbonyl (C=O) groups excluding carboxylic acids is 1. The highest BCUT2D eigenvalue weighted by Gasteiger charge is 2.19. The van der Waals surface area contributed by atoms with Crippen molar-refractivity contribution in [2.45, 2.75) is 39.0 Å². The summed E-state index contributed by atoms with van der Waals surface area (Å²) in [6.07, 6.45) is 0.00239. The van der Waals surface area contributed by atoms with E-state index in [4.69, 9.17) is 9.84 Å². The van der Waals surface area contributed by atoms with E-state index < -0.39 is 12.0 Å². The third-order valence-corrected chi connectivity index (χ3v) is 4.36. The zero-order valence-electron chi connectivity index (χ0n) is 13.7. The lowest BCUT2D eigenvalue weighted by Gasteiger charge is -2.16. The third kappa shape index (κ3) is 5.47. The summed E-state index contributed by atoms with van der Waals surface area (Å²) in [5.74, 6) is -1.24. The Labute approximate surface area is 145 Å². The van der Waals surface area contributed by atoms with Crippen LogP contribution in [0.1, 0.15) is 47.1 Å². The standard InChI is InChI=1S/C18H21NO4S/c1-12(2)23-11-13-5-7-14(8-6-13)18(22)19-15(10-17(20)21)16-4-3-9-24-16/h3-9,12,15H,10-11H2,1-2H3,(H,19,22)(H,20,21)/t15-/m0/s1. The Hall–Kier alpha value is -2.18. The second-order valence-electron chi connectivity index (χ2n) is 5.70. The second-order valence-corrected chi connectivity index (χ2v) is 6.68. The minimum absolute atomic E-state index is 0.146. The maximum absolute atomic E-state index is 12.4. The number of amides is 1. The van der Waals surface area contributed by atoms with Crippen molar-refractivity contribution >= 4 is 23.2 Å². The van der Waals surface area contributed by atoms with E-state index in [1.807, 2.05) is 43.5 Å². The molecule has 128 valence electrons. The fourth-order valence-electron chi connectivity index (χ4n) is 2.14. The number of ether oxygens (including phenoxy) is 1. The van der Waals surface area contributed by atoms with Crippen molar-refractivity contribution in [3.8, 4) is 0 Å². The van der Waals surface area contributed by atoms with Crippen molar-refractivity contribution in [2.75, 3.05) is 0 Å². The lowest BCUT2D eigenvalue weighted by Crippen LogP contribution is -2.29. The molecule has 0 aliphatic rings. The highest BCUT2D eigenvalue weighted by Crippen LogP contribution is 2.22. The Balaban J connectivity index is 2.02. The van der Waals surface area contributed by atoms with Crippen molar-refractivity contribution < 1.29 is 19.4 Å². The Kier molecular flexibility index (Phi) is 6.52. The lowest BCUT2D eigenvalue weighted by molar-refractivity contribution is -0.137. The molecule has 2 aromatic rings. The summed E-state index contributed by atoms with van der Waals surface area (Å²) in [6, 6.07) is 10.3. The Morgan fingerprint density at radius 2 is 1.92 bits per heavy atom. The van der Waals surface area contributed by atoms with Gasteiger partial charge in [0.25, 0.3) is 5.91 Å². The summed E-state index contributed by atoms with van der Waals surface area (Å²) in [5, 5.41) is 13.7. The van der Waals surface area contributed by atoms with Crippen molar-refractivity contribution in [1.29, 1.82) is 0 Å². The monoisotopic (exact) mass is 347 g/mol. The highest BCUT2D eigenvalue weighted by atomic mass is 32.1. The van der Waals surface area contributed by atoms with Crippen LogP contribution in [0.3, 0.4) is 0 Å². The smallest absolute Gasteiger partial charge is 0.305 e.